The van der Waals surface area contributed by atoms with E-state index in [9.17, 15) is 9.59 Å². The second-order valence-electron chi connectivity index (χ2n) is 9.46. The van der Waals surface area contributed by atoms with E-state index in [4.69, 9.17) is 39.5 Å². The summed E-state index contributed by atoms with van der Waals surface area (Å²) in [5.41, 5.74) is 2.27. The molecular formula is C27H29Cl3N2O3. The molecule has 3 rings (SSSR count). The molecule has 35 heavy (non-hydrogen) atoms. The highest BCUT2D eigenvalue weighted by atomic mass is 35.5. The molecule has 0 atom stereocenters. The minimum Gasteiger partial charge on any atom is -0.456 e. The van der Waals surface area contributed by atoms with Gasteiger partial charge < -0.3 is 9.30 Å². The fourth-order valence-electron chi connectivity index (χ4n) is 3.65. The van der Waals surface area contributed by atoms with Crippen molar-refractivity contribution in [3.05, 3.63) is 102 Å². The standard InChI is InChI=1S/C27H29Cl3N2O3/c1-27(2,3)35-26(34)19-11-9-18(10-12-19)13-14-32-24(22(29)15-23(30)25(32)33)17-31(4)16-20-7-5-6-8-21(20)28/h5-12,15H,13-14,16-17H2,1-4H3. The first kappa shape index (κ1) is 27.3. The Kier molecular flexibility index (Phi) is 9.05. The van der Waals surface area contributed by atoms with Gasteiger partial charge in [0.05, 0.1) is 16.3 Å². The van der Waals surface area contributed by atoms with Crippen molar-refractivity contribution in [2.24, 2.45) is 0 Å². The van der Waals surface area contributed by atoms with E-state index >= 15 is 0 Å². The number of esters is 1. The largest absolute Gasteiger partial charge is 0.456 e. The van der Waals surface area contributed by atoms with Gasteiger partial charge in [0.25, 0.3) is 5.56 Å². The summed E-state index contributed by atoms with van der Waals surface area (Å²) in [6.07, 6.45) is 0.562. The van der Waals surface area contributed by atoms with Gasteiger partial charge in [-0.1, -0.05) is 65.1 Å². The van der Waals surface area contributed by atoms with Crippen molar-refractivity contribution in [3.63, 3.8) is 0 Å². The molecule has 0 unspecified atom stereocenters. The normalized spacial score (nSPS) is 11.7. The monoisotopic (exact) mass is 534 g/mol. The average Bonchev–Trinajstić information content (AvgIpc) is 2.78. The maximum absolute atomic E-state index is 12.9. The minimum absolute atomic E-state index is 0.0766. The molecule has 0 fully saturated rings. The summed E-state index contributed by atoms with van der Waals surface area (Å²) in [4.78, 5) is 27.2. The van der Waals surface area contributed by atoms with Crippen molar-refractivity contribution < 1.29 is 9.53 Å². The van der Waals surface area contributed by atoms with Crippen LogP contribution in [0.1, 0.15) is 48.0 Å². The molecule has 0 spiro atoms. The van der Waals surface area contributed by atoms with Gasteiger partial charge in [-0.15, -0.1) is 0 Å². The molecule has 5 nitrogen and oxygen atoms in total. The van der Waals surface area contributed by atoms with E-state index in [0.717, 1.165) is 11.1 Å². The van der Waals surface area contributed by atoms with Gasteiger partial charge in [-0.3, -0.25) is 9.69 Å². The predicted octanol–water partition coefficient (Wildman–Crippen LogP) is 6.64. The molecule has 0 aliphatic carbocycles. The molecule has 0 bridgehead atoms. The first-order valence-electron chi connectivity index (χ1n) is 11.3. The Hall–Kier alpha value is -2.31. The third-order valence-electron chi connectivity index (χ3n) is 5.33. The molecule has 0 N–H and O–H groups in total. The molecule has 0 saturated carbocycles. The maximum atomic E-state index is 12.9. The van der Waals surface area contributed by atoms with E-state index in [-0.39, 0.29) is 16.6 Å². The van der Waals surface area contributed by atoms with Crippen molar-refractivity contribution in [1.29, 1.82) is 0 Å². The van der Waals surface area contributed by atoms with Crippen LogP contribution >= 0.6 is 34.8 Å². The van der Waals surface area contributed by atoms with Crippen LogP contribution in [0.3, 0.4) is 0 Å². The summed E-state index contributed by atoms with van der Waals surface area (Å²) in [5.74, 6) is -0.370. The Balaban J connectivity index is 1.76. The van der Waals surface area contributed by atoms with Crippen LogP contribution in [0.2, 0.25) is 15.1 Å². The fourth-order valence-corrected chi connectivity index (χ4v) is 4.38. The Bertz CT molecular complexity index is 1250. The van der Waals surface area contributed by atoms with Crippen molar-refractivity contribution in [1.82, 2.24) is 9.47 Å². The van der Waals surface area contributed by atoms with Gasteiger partial charge in [-0.05, 0) is 69.6 Å². The summed E-state index contributed by atoms with van der Waals surface area (Å²) in [5, 5.41) is 1.20. The first-order chi connectivity index (χ1) is 16.4. The number of benzene rings is 2. The molecule has 0 amide bonds. The Morgan fingerprint density at radius 1 is 0.943 bits per heavy atom. The number of hydrogen-bond acceptors (Lipinski definition) is 4. The summed E-state index contributed by atoms with van der Waals surface area (Å²) in [6.45, 7) is 6.91. The molecule has 2 aromatic carbocycles. The highest BCUT2D eigenvalue weighted by Crippen LogP contribution is 2.22. The van der Waals surface area contributed by atoms with Gasteiger partial charge in [0, 0.05) is 24.7 Å². The molecule has 1 aromatic heterocycles. The number of aryl methyl sites for hydroxylation is 1. The van der Waals surface area contributed by atoms with Crippen LogP contribution in [0.4, 0.5) is 0 Å². The summed E-state index contributed by atoms with van der Waals surface area (Å²) in [7, 11) is 1.94. The van der Waals surface area contributed by atoms with E-state index in [0.29, 0.717) is 47.4 Å². The minimum atomic E-state index is -0.557. The molecule has 0 aliphatic heterocycles. The Morgan fingerprint density at radius 2 is 1.60 bits per heavy atom. The average molecular weight is 536 g/mol. The van der Waals surface area contributed by atoms with Gasteiger partial charge in [-0.2, -0.15) is 0 Å². The maximum Gasteiger partial charge on any atom is 0.338 e. The Labute approximate surface area is 221 Å². The molecular weight excluding hydrogens is 507 g/mol. The van der Waals surface area contributed by atoms with Crippen molar-refractivity contribution in [3.8, 4) is 0 Å². The van der Waals surface area contributed by atoms with Gasteiger partial charge in [-0.25, -0.2) is 4.79 Å². The van der Waals surface area contributed by atoms with Gasteiger partial charge in [0.15, 0.2) is 0 Å². The van der Waals surface area contributed by atoms with Crippen molar-refractivity contribution >= 4 is 40.8 Å². The molecule has 1 heterocycles. The highest BCUT2D eigenvalue weighted by molar-refractivity contribution is 6.34. The number of aromatic nitrogens is 1. The molecule has 3 aromatic rings. The third-order valence-corrected chi connectivity index (χ3v) is 6.30. The van der Waals surface area contributed by atoms with Crippen molar-refractivity contribution in [2.75, 3.05) is 7.05 Å². The number of ether oxygens (including phenoxy) is 1. The molecule has 0 radical (unpaired) electrons. The lowest BCUT2D eigenvalue weighted by molar-refractivity contribution is 0.00695. The predicted molar refractivity (Wildman–Crippen MR) is 143 cm³/mol. The lowest BCUT2D eigenvalue weighted by Gasteiger charge is -2.22. The smallest absolute Gasteiger partial charge is 0.338 e. The lowest BCUT2D eigenvalue weighted by atomic mass is 10.1. The number of pyridine rings is 1. The topological polar surface area (TPSA) is 51.5 Å². The SMILES string of the molecule is CN(Cc1ccccc1Cl)Cc1c(Cl)cc(Cl)c(=O)n1CCc1ccc(C(=O)OC(C)(C)C)cc1. The zero-order chi connectivity index (χ0) is 25.8. The number of halogens is 3. The fraction of sp³-hybridized carbons (Fsp3) is 0.333. The third kappa shape index (κ3) is 7.58. The number of rotatable bonds is 8. The lowest BCUT2D eigenvalue weighted by Crippen LogP contribution is -2.29. The molecule has 186 valence electrons. The molecule has 0 saturated heterocycles. The van der Waals surface area contributed by atoms with Crippen LogP contribution in [-0.4, -0.2) is 28.1 Å². The van der Waals surface area contributed by atoms with Crippen LogP contribution in [0, 0.1) is 0 Å². The van der Waals surface area contributed by atoms with E-state index in [2.05, 4.69) is 0 Å². The molecule has 0 aliphatic rings. The zero-order valence-electron chi connectivity index (χ0n) is 20.3. The number of nitrogens with zero attached hydrogens (tertiary/aromatic N) is 2. The number of carbonyl (C=O) groups excluding carboxylic acids is 1. The number of hydrogen-bond donors (Lipinski definition) is 0. The van der Waals surface area contributed by atoms with Crippen LogP contribution in [0.25, 0.3) is 0 Å². The van der Waals surface area contributed by atoms with E-state index in [1.165, 1.54) is 6.07 Å². The van der Waals surface area contributed by atoms with Crippen LogP contribution in [-0.2, 0) is 30.8 Å². The Morgan fingerprint density at radius 3 is 2.23 bits per heavy atom. The van der Waals surface area contributed by atoms with Crippen molar-refractivity contribution in [2.45, 2.75) is 52.4 Å². The first-order valence-corrected chi connectivity index (χ1v) is 12.4. The number of carbonyl (C=O) groups is 1. The van der Waals surface area contributed by atoms with Crippen LogP contribution < -0.4 is 5.56 Å². The van der Waals surface area contributed by atoms with Gasteiger partial charge in [0.2, 0.25) is 0 Å². The quantitative estimate of drug-likeness (QED) is 0.304. The highest BCUT2D eigenvalue weighted by Gasteiger charge is 2.18. The second kappa shape index (κ2) is 11.6. The molecule has 8 heteroatoms. The van der Waals surface area contributed by atoms with Crippen LogP contribution in [0.5, 0.6) is 0 Å². The second-order valence-corrected chi connectivity index (χ2v) is 10.7. The van der Waals surface area contributed by atoms with E-state index in [1.807, 2.05) is 69.1 Å². The summed E-state index contributed by atoms with van der Waals surface area (Å²) >= 11 is 19.0. The zero-order valence-corrected chi connectivity index (χ0v) is 22.5. The van der Waals surface area contributed by atoms with E-state index < -0.39 is 5.60 Å². The summed E-state index contributed by atoms with van der Waals surface area (Å²) in [6, 6.07) is 16.3. The summed E-state index contributed by atoms with van der Waals surface area (Å²) < 4.78 is 7.03. The van der Waals surface area contributed by atoms with Gasteiger partial charge in [0.1, 0.15) is 10.6 Å². The van der Waals surface area contributed by atoms with Crippen LogP contribution in [0.15, 0.2) is 59.4 Å². The van der Waals surface area contributed by atoms with Gasteiger partial charge >= 0.3 is 5.97 Å². The van der Waals surface area contributed by atoms with E-state index in [1.54, 1.807) is 16.7 Å².